The Balaban J connectivity index is 2.14. The highest BCUT2D eigenvalue weighted by atomic mass is 15.2. The molecule has 0 spiro atoms. The van der Waals surface area contributed by atoms with Crippen molar-refractivity contribution in [3.63, 3.8) is 0 Å². The van der Waals surface area contributed by atoms with Crippen molar-refractivity contribution < 1.29 is 0 Å². The molecule has 1 saturated carbocycles. The summed E-state index contributed by atoms with van der Waals surface area (Å²) in [6.07, 6.45) is 10.8. The Bertz CT molecular complexity index is 309. The van der Waals surface area contributed by atoms with Gasteiger partial charge in [0.15, 0.2) is 0 Å². The fraction of sp³-hybridized carbons (Fsp3) is 1.00. The summed E-state index contributed by atoms with van der Waals surface area (Å²) in [7, 11) is 0. The second kappa shape index (κ2) is 5.96. The summed E-state index contributed by atoms with van der Waals surface area (Å²) >= 11 is 0. The molecule has 0 aromatic heterocycles. The molecule has 2 N–H and O–H groups in total. The molecule has 2 heteroatoms. The smallest absolute Gasteiger partial charge is 0.0382 e. The van der Waals surface area contributed by atoms with Crippen LogP contribution in [0.15, 0.2) is 0 Å². The van der Waals surface area contributed by atoms with Crippen LogP contribution < -0.4 is 5.73 Å². The van der Waals surface area contributed by atoms with Crippen molar-refractivity contribution in [2.24, 2.45) is 16.6 Å². The van der Waals surface area contributed by atoms with E-state index in [4.69, 9.17) is 5.73 Å². The first-order valence-corrected chi connectivity index (χ1v) is 8.90. The van der Waals surface area contributed by atoms with E-state index >= 15 is 0 Å². The quantitative estimate of drug-likeness (QED) is 0.837. The van der Waals surface area contributed by atoms with Gasteiger partial charge in [0.2, 0.25) is 0 Å². The standard InChI is InChI=1S/C18H36N2/c1-5-17(6-2)11-13-20(14-12-17)18(15-19)10-8-7-9-16(18,3)4/h5-15,19H2,1-4H3. The molecule has 1 unspecified atom stereocenters. The fourth-order valence-electron chi connectivity index (χ4n) is 5.02. The van der Waals surface area contributed by atoms with Gasteiger partial charge in [-0.1, -0.05) is 53.4 Å². The third-order valence-electron chi connectivity index (χ3n) is 7.17. The Labute approximate surface area is 126 Å². The lowest BCUT2D eigenvalue weighted by Crippen LogP contribution is -2.65. The number of piperidine rings is 1. The molecular formula is C18H36N2. The van der Waals surface area contributed by atoms with Gasteiger partial charge in [0, 0.05) is 12.1 Å². The van der Waals surface area contributed by atoms with E-state index in [0.29, 0.717) is 10.8 Å². The van der Waals surface area contributed by atoms with E-state index in [2.05, 4.69) is 32.6 Å². The van der Waals surface area contributed by atoms with Crippen LogP contribution in [0.5, 0.6) is 0 Å². The first-order chi connectivity index (χ1) is 9.45. The van der Waals surface area contributed by atoms with Crippen molar-refractivity contribution in [3.05, 3.63) is 0 Å². The van der Waals surface area contributed by atoms with Crippen molar-refractivity contribution >= 4 is 0 Å². The van der Waals surface area contributed by atoms with E-state index in [1.807, 2.05) is 0 Å². The number of nitrogens with zero attached hydrogens (tertiary/aromatic N) is 1. The fourth-order valence-corrected chi connectivity index (χ4v) is 5.02. The maximum Gasteiger partial charge on any atom is 0.0382 e. The molecule has 2 rings (SSSR count). The van der Waals surface area contributed by atoms with Gasteiger partial charge in [-0.3, -0.25) is 4.90 Å². The summed E-state index contributed by atoms with van der Waals surface area (Å²) in [6, 6.07) is 0. The molecule has 1 atom stereocenters. The maximum atomic E-state index is 6.34. The average molecular weight is 280 g/mol. The van der Waals surface area contributed by atoms with Crippen LogP contribution in [0.1, 0.15) is 79.1 Å². The first kappa shape index (κ1) is 16.3. The lowest BCUT2D eigenvalue weighted by atomic mass is 9.61. The van der Waals surface area contributed by atoms with Crippen molar-refractivity contribution in [2.45, 2.75) is 84.6 Å². The van der Waals surface area contributed by atoms with Crippen LogP contribution in [0.3, 0.4) is 0 Å². The molecule has 0 radical (unpaired) electrons. The van der Waals surface area contributed by atoms with Gasteiger partial charge < -0.3 is 5.73 Å². The lowest BCUT2D eigenvalue weighted by molar-refractivity contribution is -0.0732. The van der Waals surface area contributed by atoms with Crippen molar-refractivity contribution in [3.8, 4) is 0 Å². The molecule has 1 heterocycles. The number of likely N-dealkylation sites (tertiary alicyclic amines) is 1. The van der Waals surface area contributed by atoms with E-state index in [0.717, 1.165) is 6.54 Å². The van der Waals surface area contributed by atoms with Gasteiger partial charge >= 0.3 is 0 Å². The highest BCUT2D eigenvalue weighted by Crippen LogP contribution is 2.49. The number of hydrogen-bond donors (Lipinski definition) is 1. The first-order valence-electron chi connectivity index (χ1n) is 8.90. The van der Waals surface area contributed by atoms with E-state index in [9.17, 15) is 0 Å². The van der Waals surface area contributed by atoms with E-state index in [-0.39, 0.29) is 5.54 Å². The highest BCUT2D eigenvalue weighted by molar-refractivity contribution is 5.06. The minimum absolute atomic E-state index is 0.263. The Morgan fingerprint density at radius 3 is 1.90 bits per heavy atom. The summed E-state index contributed by atoms with van der Waals surface area (Å²) in [5, 5.41) is 0. The Hall–Kier alpha value is -0.0800. The van der Waals surface area contributed by atoms with Crippen LogP contribution in [0.4, 0.5) is 0 Å². The van der Waals surface area contributed by atoms with Gasteiger partial charge in [-0.25, -0.2) is 0 Å². The average Bonchev–Trinajstić information content (AvgIpc) is 2.47. The predicted molar refractivity (Wildman–Crippen MR) is 87.9 cm³/mol. The molecule has 2 fully saturated rings. The summed E-state index contributed by atoms with van der Waals surface area (Å²) in [5.41, 5.74) is 7.59. The summed E-state index contributed by atoms with van der Waals surface area (Å²) in [5.74, 6) is 0. The molecule has 0 amide bonds. The summed E-state index contributed by atoms with van der Waals surface area (Å²) < 4.78 is 0. The molecule has 0 aromatic carbocycles. The second-order valence-electron chi connectivity index (χ2n) is 8.02. The zero-order chi connectivity index (χ0) is 14.9. The largest absolute Gasteiger partial charge is 0.329 e. The Morgan fingerprint density at radius 2 is 1.45 bits per heavy atom. The van der Waals surface area contributed by atoms with Crippen molar-refractivity contribution in [2.75, 3.05) is 19.6 Å². The number of rotatable bonds is 4. The molecule has 20 heavy (non-hydrogen) atoms. The Morgan fingerprint density at radius 1 is 0.900 bits per heavy atom. The van der Waals surface area contributed by atoms with E-state index in [1.165, 1.54) is 64.5 Å². The van der Waals surface area contributed by atoms with E-state index in [1.54, 1.807) is 0 Å². The van der Waals surface area contributed by atoms with Gasteiger partial charge in [0.25, 0.3) is 0 Å². The molecule has 2 nitrogen and oxygen atoms in total. The number of hydrogen-bond acceptors (Lipinski definition) is 2. The molecule has 0 aromatic rings. The number of nitrogens with two attached hydrogens (primary N) is 1. The SMILES string of the molecule is CCC1(CC)CCN(C2(CN)CCCCC2(C)C)CC1. The van der Waals surface area contributed by atoms with Crippen molar-refractivity contribution in [1.82, 2.24) is 4.90 Å². The van der Waals surface area contributed by atoms with Crippen molar-refractivity contribution in [1.29, 1.82) is 0 Å². The van der Waals surface area contributed by atoms with Crippen LogP contribution in [-0.2, 0) is 0 Å². The van der Waals surface area contributed by atoms with Gasteiger partial charge in [0.1, 0.15) is 0 Å². The molecule has 0 bridgehead atoms. The monoisotopic (exact) mass is 280 g/mol. The van der Waals surface area contributed by atoms with Crippen LogP contribution >= 0.6 is 0 Å². The molecule has 1 aliphatic heterocycles. The lowest BCUT2D eigenvalue weighted by Gasteiger charge is -2.58. The summed E-state index contributed by atoms with van der Waals surface area (Å²) in [4.78, 5) is 2.79. The molecule has 1 aliphatic carbocycles. The minimum atomic E-state index is 0.263. The van der Waals surface area contributed by atoms with Gasteiger partial charge in [-0.15, -0.1) is 0 Å². The van der Waals surface area contributed by atoms with E-state index < -0.39 is 0 Å². The highest BCUT2D eigenvalue weighted by Gasteiger charge is 2.50. The van der Waals surface area contributed by atoms with Gasteiger partial charge in [-0.2, -0.15) is 0 Å². The van der Waals surface area contributed by atoms with Gasteiger partial charge in [-0.05, 0) is 49.6 Å². The molecule has 118 valence electrons. The third-order valence-corrected chi connectivity index (χ3v) is 7.17. The molecular weight excluding hydrogens is 244 g/mol. The van der Waals surface area contributed by atoms with Crippen LogP contribution in [0, 0.1) is 10.8 Å². The van der Waals surface area contributed by atoms with Crippen LogP contribution in [0.25, 0.3) is 0 Å². The molecule has 2 aliphatic rings. The summed E-state index contributed by atoms with van der Waals surface area (Å²) in [6.45, 7) is 13.0. The topological polar surface area (TPSA) is 29.3 Å². The van der Waals surface area contributed by atoms with Gasteiger partial charge in [0.05, 0.1) is 0 Å². The predicted octanol–water partition coefficient (Wildman–Crippen LogP) is 4.19. The third kappa shape index (κ3) is 2.54. The zero-order valence-corrected chi connectivity index (χ0v) is 14.3. The minimum Gasteiger partial charge on any atom is -0.329 e. The zero-order valence-electron chi connectivity index (χ0n) is 14.3. The van der Waals surface area contributed by atoms with Crippen LogP contribution in [0.2, 0.25) is 0 Å². The maximum absolute atomic E-state index is 6.34. The molecule has 1 saturated heterocycles. The van der Waals surface area contributed by atoms with Crippen LogP contribution in [-0.4, -0.2) is 30.1 Å². The Kier molecular flexibility index (Phi) is 4.86. The normalized spacial score (nSPS) is 34.0. The second-order valence-corrected chi connectivity index (χ2v) is 8.02.